The first kappa shape index (κ1) is 14.7. The van der Waals surface area contributed by atoms with Crippen LogP contribution in [0.15, 0.2) is 53.4 Å². The summed E-state index contributed by atoms with van der Waals surface area (Å²) in [4.78, 5) is 14.9. The van der Waals surface area contributed by atoms with E-state index in [9.17, 15) is 4.79 Å². The van der Waals surface area contributed by atoms with Crippen LogP contribution in [0.2, 0.25) is 0 Å². The molecule has 2 aromatic carbocycles. The first-order valence-electron chi connectivity index (χ1n) is 6.73. The number of likely N-dealkylation sites (N-methyl/N-ethyl adjacent to an activating group) is 1. The SMILES string of the molecule is CCc1ccc(N(C)C(=O)Cc2ccc(S)cc2)cc1. The number of carbonyl (C=O) groups is 1. The van der Waals surface area contributed by atoms with Crippen LogP contribution in [0.1, 0.15) is 18.1 Å². The molecule has 0 bridgehead atoms. The molecule has 0 aliphatic heterocycles. The number of hydrogen-bond donors (Lipinski definition) is 1. The van der Waals surface area contributed by atoms with Crippen LogP contribution in [-0.2, 0) is 17.6 Å². The summed E-state index contributed by atoms with van der Waals surface area (Å²) in [5.74, 6) is 0.0844. The molecule has 0 aromatic heterocycles. The van der Waals surface area contributed by atoms with Gasteiger partial charge in [0.15, 0.2) is 0 Å². The van der Waals surface area contributed by atoms with Gasteiger partial charge in [0.25, 0.3) is 0 Å². The molecule has 0 unspecified atom stereocenters. The van der Waals surface area contributed by atoms with E-state index in [0.717, 1.165) is 22.6 Å². The molecule has 3 heteroatoms. The van der Waals surface area contributed by atoms with E-state index in [2.05, 4.69) is 31.7 Å². The molecule has 104 valence electrons. The van der Waals surface area contributed by atoms with E-state index >= 15 is 0 Å². The minimum Gasteiger partial charge on any atom is -0.315 e. The highest BCUT2D eigenvalue weighted by atomic mass is 32.1. The maximum atomic E-state index is 12.3. The third-order valence-electron chi connectivity index (χ3n) is 3.40. The van der Waals surface area contributed by atoms with Gasteiger partial charge in [0.1, 0.15) is 0 Å². The average molecular weight is 285 g/mol. The molecule has 0 heterocycles. The second kappa shape index (κ2) is 6.62. The Kier molecular flexibility index (Phi) is 4.85. The number of nitrogens with zero attached hydrogens (tertiary/aromatic N) is 1. The first-order chi connectivity index (χ1) is 9.60. The summed E-state index contributed by atoms with van der Waals surface area (Å²) in [6.07, 6.45) is 1.41. The van der Waals surface area contributed by atoms with Crippen LogP contribution < -0.4 is 4.90 Å². The highest BCUT2D eigenvalue weighted by molar-refractivity contribution is 7.80. The molecule has 1 amide bonds. The Morgan fingerprint density at radius 2 is 1.55 bits per heavy atom. The van der Waals surface area contributed by atoms with Crippen molar-refractivity contribution in [3.05, 3.63) is 59.7 Å². The molecular weight excluding hydrogens is 266 g/mol. The van der Waals surface area contributed by atoms with Gasteiger partial charge < -0.3 is 4.90 Å². The van der Waals surface area contributed by atoms with Crippen molar-refractivity contribution < 1.29 is 4.79 Å². The Balaban J connectivity index is 2.05. The smallest absolute Gasteiger partial charge is 0.231 e. The van der Waals surface area contributed by atoms with Crippen molar-refractivity contribution in [3.8, 4) is 0 Å². The van der Waals surface area contributed by atoms with Gasteiger partial charge in [0.05, 0.1) is 6.42 Å². The van der Waals surface area contributed by atoms with Crippen molar-refractivity contribution in [3.63, 3.8) is 0 Å². The average Bonchev–Trinajstić information content (AvgIpc) is 2.49. The minimum absolute atomic E-state index is 0.0844. The van der Waals surface area contributed by atoms with Gasteiger partial charge in [-0.3, -0.25) is 4.79 Å². The lowest BCUT2D eigenvalue weighted by Crippen LogP contribution is -2.27. The lowest BCUT2D eigenvalue weighted by atomic mass is 10.1. The summed E-state index contributed by atoms with van der Waals surface area (Å²) in [7, 11) is 1.82. The molecule has 0 N–H and O–H groups in total. The van der Waals surface area contributed by atoms with Crippen LogP contribution in [0.3, 0.4) is 0 Å². The summed E-state index contributed by atoms with van der Waals surface area (Å²) in [5, 5.41) is 0. The molecule has 0 aliphatic rings. The lowest BCUT2D eigenvalue weighted by molar-refractivity contribution is -0.117. The number of aryl methyl sites for hydroxylation is 1. The fraction of sp³-hybridized carbons (Fsp3) is 0.235. The number of amides is 1. The van der Waals surface area contributed by atoms with E-state index in [0.29, 0.717) is 6.42 Å². The number of anilines is 1. The monoisotopic (exact) mass is 285 g/mol. The Bertz CT molecular complexity index is 575. The summed E-state index contributed by atoms with van der Waals surface area (Å²) in [5.41, 5.74) is 3.21. The van der Waals surface area contributed by atoms with Crippen molar-refractivity contribution in [2.45, 2.75) is 24.7 Å². The fourth-order valence-electron chi connectivity index (χ4n) is 2.01. The number of carbonyl (C=O) groups excluding carboxylic acids is 1. The number of hydrogen-bond acceptors (Lipinski definition) is 2. The van der Waals surface area contributed by atoms with Gasteiger partial charge in [-0.1, -0.05) is 31.2 Å². The van der Waals surface area contributed by atoms with Gasteiger partial charge in [0, 0.05) is 17.6 Å². The number of thiol groups is 1. The predicted molar refractivity (Wildman–Crippen MR) is 86.6 cm³/mol. The largest absolute Gasteiger partial charge is 0.315 e. The molecule has 0 spiro atoms. The van der Waals surface area contributed by atoms with Crippen molar-refractivity contribution in [2.75, 3.05) is 11.9 Å². The zero-order valence-electron chi connectivity index (χ0n) is 11.8. The van der Waals surface area contributed by atoms with Crippen LogP contribution in [0.5, 0.6) is 0 Å². The van der Waals surface area contributed by atoms with Crippen molar-refractivity contribution in [1.29, 1.82) is 0 Å². The number of rotatable bonds is 4. The lowest BCUT2D eigenvalue weighted by Gasteiger charge is -2.17. The molecule has 0 radical (unpaired) electrons. The van der Waals surface area contributed by atoms with E-state index in [1.807, 2.05) is 43.4 Å². The van der Waals surface area contributed by atoms with Gasteiger partial charge >= 0.3 is 0 Å². The van der Waals surface area contributed by atoms with Crippen molar-refractivity contribution >= 4 is 24.2 Å². The van der Waals surface area contributed by atoms with E-state index in [1.165, 1.54) is 5.56 Å². The normalized spacial score (nSPS) is 10.3. The first-order valence-corrected chi connectivity index (χ1v) is 7.18. The highest BCUT2D eigenvalue weighted by Crippen LogP contribution is 2.16. The third-order valence-corrected chi connectivity index (χ3v) is 3.70. The van der Waals surface area contributed by atoms with Crippen LogP contribution in [0.25, 0.3) is 0 Å². The molecule has 0 aliphatic carbocycles. The second-order valence-corrected chi connectivity index (χ2v) is 5.33. The second-order valence-electron chi connectivity index (χ2n) is 4.82. The van der Waals surface area contributed by atoms with E-state index < -0.39 is 0 Å². The summed E-state index contributed by atoms with van der Waals surface area (Å²) in [6.45, 7) is 2.12. The van der Waals surface area contributed by atoms with Crippen LogP contribution in [-0.4, -0.2) is 13.0 Å². The Hall–Kier alpha value is -1.74. The quantitative estimate of drug-likeness (QED) is 0.848. The zero-order chi connectivity index (χ0) is 14.5. The fourth-order valence-corrected chi connectivity index (χ4v) is 2.16. The van der Waals surface area contributed by atoms with E-state index in [4.69, 9.17) is 0 Å². The van der Waals surface area contributed by atoms with Crippen LogP contribution in [0.4, 0.5) is 5.69 Å². The molecule has 0 fully saturated rings. The van der Waals surface area contributed by atoms with Gasteiger partial charge in [-0.2, -0.15) is 0 Å². The van der Waals surface area contributed by atoms with Crippen LogP contribution >= 0.6 is 12.6 Å². The minimum atomic E-state index is 0.0844. The Morgan fingerprint density at radius 3 is 2.10 bits per heavy atom. The molecule has 20 heavy (non-hydrogen) atoms. The van der Waals surface area contributed by atoms with Crippen LogP contribution in [0, 0.1) is 0 Å². The summed E-state index contributed by atoms with van der Waals surface area (Å²) < 4.78 is 0. The highest BCUT2D eigenvalue weighted by Gasteiger charge is 2.11. The summed E-state index contributed by atoms with van der Waals surface area (Å²) >= 11 is 4.24. The Morgan fingerprint density at radius 1 is 1.00 bits per heavy atom. The standard InChI is InChI=1S/C17H19NOS/c1-3-13-4-8-15(9-5-13)18(2)17(19)12-14-6-10-16(20)11-7-14/h4-11,20H,3,12H2,1-2H3. The number of benzene rings is 2. The van der Waals surface area contributed by atoms with E-state index in [1.54, 1.807) is 4.90 Å². The Labute approximate surface area is 125 Å². The van der Waals surface area contributed by atoms with Gasteiger partial charge in [-0.15, -0.1) is 12.6 Å². The van der Waals surface area contributed by atoms with Crippen molar-refractivity contribution in [2.24, 2.45) is 0 Å². The molecule has 2 aromatic rings. The third kappa shape index (κ3) is 3.64. The zero-order valence-corrected chi connectivity index (χ0v) is 12.7. The predicted octanol–water partition coefficient (Wildman–Crippen LogP) is 3.74. The molecule has 0 saturated carbocycles. The van der Waals surface area contributed by atoms with Gasteiger partial charge in [0.2, 0.25) is 5.91 Å². The summed E-state index contributed by atoms with van der Waals surface area (Å²) in [6, 6.07) is 15.8. The molecule has 2 rings (SSSR count). The van der Waals surface area contributed by atoms with Gasteiger partial charge in [-0.05, 0) is 41.8 Å². The molecule has 0 saturated heterocycles. The maximum absolute atomic E-state index is 12.3. The topological polar surface area (TPSA) is 20.3 Å². The molecule has 0 atom stereocenters. The van der Waals surface area contributed by atoms with Gasteiger partial charge in [-0.25, -0.2) is 0 Å². The van der Waals surface area contributed by atoms with Crippen molar-refractivity contribution in [1.82, 2.24) is 0 Å². The van der Waals surface area contributed by atoms with E-state index in [-0.39, 0.29) is 5.91 Å². The maximum Gasteiger partial charge on any atom is 0.231 e. The molecular formula is C17H19NOS. The molecule has 2 nitrogen and oxygen atoms in total.